The number of nitrogens with zero attached hydrogens (tertiary/aromatic N) is 1. The van der Waals surface area contributed by atoms with E-state index in [9.17, 15) is 0 Å². The van der Waals surface area contributed by atoms with Crippen LogP contribution >= 0.6 is 24.0 Å². The van der Waals surface area contributed by atoms with Crippen LogP contribution in [0.25, 0.3) is 0 Å². The number of anilines is 1. The number of fused-ring (bicyclic) bond motifs is 1. The maximum Gasteiger partial charge on any atom is 0.193 e. The number of guanidine groups is 1. The monoisotopic (exact) mass is 387 g/mol. The molecule has 0 heterocycles. The highest BCUT2D eigenvalue weighted by Crippen LogP contribution is 2.27. The summed E-state index contributed by atoms with van der Waals surface area (Å²) < 4.78 is 0. The second kappa shape index (κ2) is 9.21. The van der Waals surface area contributed by atoms with Crippen LogP contribution < -0.4 is 11.1 Å². The summed E-state index contributed by atoms with van der Waals surface area (Å²) in [6, 6.07) is 6.45. The van der Waals surface area contributed by atoms with E-state index in [-0.39, 0.29) is 24.0 Å². The molecular weight excluding hydrogens is 361 g/mol. The maximum absolute atomic E-state index is 5.96. The van der Waals surface area contributed by atoms with Gasteiger partial charge in [-0.25, -0.2) is 0 Å². The van der Waals surface area contributed by atoms with Gasteiger partial charge in [0.05, 0.1) is 0 Å². The van der Waals surface area contributed by atoms with Gasteiger partial charge in [-0.1, -0.05) is 31.9 Å². The summed E-state index contributed by atoms with van der Waals surface area (Å²) in [5.74, 6) is 0.551. The first-order valence-corrected chi connectivity index (χ1v) is 7.49. The third kappa shape index (κ3) is 4.96. The Balaban J connectivity index is 0.00000200. The van der Waals surface area contributed by atoms with Crippen LogP contribution in [0.4, 0.5) is 5.69 Å². The molecule has 3 N–H and O–H groups in total. The van der Waals surface area contributed by atoms with E-state index in [1.807, 2.05) is 0 Å². The normalized spacial score (nSPS) is 14.3. The van der Waals surface area contributed by atoms with Crippen molar-refractivity contribution in [3.63, 3.8) is 0 Å². The average Bonchev–Trinajstić information content (AvgIpc) is 2.44. The standard InChI is InChI=1S/C16H25N3.HI/c1-2-3-6-12-18-16(17)19-15-11-7-9-13-8-4-5-10-14(13)15;/h7,9,11H,2-6,8,10,12H2,1H3,(H3,17,18,19);1H. The Morgan fingerprint density at radius 3 is 2.85 bits per heavy atom. The van der Waals surface area contributed by atoms with Gasteiger partial charge in [-0.2, -0.15) is 0 Å². The molecule has 4 heteroatoms. The Bertz CT molecular complexity index is 443. The Morgan fingerprint density at radius 2 is 2.05 bits per heavy atom. The van der Waals surface area contributed by atoms with Crippen molar-refractivity contribution in [2.24, 2.45) is 10.7 Å². The molecule has 0 saturated heterocycles. The summed E-state index contributed by atoms with van der Waals surface area (Å²) in [4.78, 5) is 4.39. The molecule has 0 atom stereocenters. The van der Waals surface area contributed by atoms with Crippen LogP contribution in [0.2, 0.25) is 0 Å². The lowest BCUT2D eigenvalue weighted by atomic mass is 9.90. The molecule has 20 heavy (non-hydrogen) atoms. The fourth-order valence-electron chi connectivity index (χ4n) is 2.64. The van der Waals surface area contributed by atoms with Crippen LogP contribution in [0.1, 0.15) is 50.2 Å². The fourth-order valence-corrected chi connectivity index (χ4v) is 2.64. The molecule has 0 radical (unpaired) electrons. The average molecular weight is 387 g/mol. The van der Waals surface area contributed by atoms with Crippen molar-refractivity contribution in [2.45, 2.75) is 51.9 Å². The van der Waals surface area contributed by atoms with Crippen molar-refractivity contribution in [2.75, 3.05) is 11.9 Å². The van der Waals surface area contributed by atoms with Gasteiger partial charge in [-0.3, -0.25) is 4.99 Å². The predicted octanol–water partition coefficient (Wildman–Crippen LogP) is 4.10. The number of benzene rings is 1. The number of rotatable bonds is 5. The zero-order valence-corrected chi connectivity index (χ0v) is 14.7. The molecule has 0 spiro atoms. The van der Waals surface area contributed by atoms with Crippen LogP contribution in [0.5, 0.6) is 0 Å². The summed E-state index contributed by atoms with van der Waals surface area (Å²) in [5.41, 5.74) is 10.0. The molecule has 3 nitrogen and oxygen atoms in total. The molecule has 0 bridgehead atoms. The molecule has 0 fully saturated rings. The van der Waals surface area contributed by atoms with Gasteiger partial charge in [0.2, 0.25) is 0 Å². The summed E-state index contributed by atoms with van der Waals surface area (Å²) in [6.45, 7) is 3.02. The highest BCUT2D eigenvalue weighted by atomic mass is 127. The van der Waals surface area contributed by atoms with Crippen molar-refractivity contribution in [3.05, 3.63) is 29.3 Å². The zero-order valence-electron chi connectivity index (χ0n) is 12.3. The van der Waals surface area contributed by atoms with Crippen molar-refractivity contribution < 1.29 is 0 Å². The molecule has 0 aromatic heterocycles. The Labute approximate surface area is 139 Å². The predicted molar refractivity (Wildman–Crippen MR) is 98.1 cm³/mol. The van der Waals surface area contributed by atoms with E-state index in [0.717, 1.165) is 25.1 Å². The van der Waals surface area contributed by atoms with Gasteiger partial charge in [0, 0.05) is 12.2 Å². The lowest BCUT2D eigenvalue weighted by molar-refractivity contribution is 0.687. The lowest BCUT2D eigenvalue weighted by Gasteiger charge is -2.19. The minimum Gasteiger partial charge on any atom is -0.370 e. The lowest BCUT2D eigenvalue weighted by Crippen LogP contribution is -2.24. The van der Waals surface area contributed by atoms with Gasteiger partial charge in [0.1, 0.15) is 0 Å². The van der Waals surface area contributed by atoms with Crippen molar-refractivity contribution in [3.8, 4) is 0 Å². The van der Waals surface area contributed by atoms with E-state index in [1.54, 1.807) is 0 Å². The highest BCUT2D eigenvalue weighted by molar-refractivity contribution is 14.0. The number of nitrogens with two attached hydrogens (primary N) is 1. The largest absolute Gasteiger partial charge is 0.370 e. The Kier molecular flexibility index (Phi) is 7.95. The molecule has 0 saturated carbocycles. The summed E-state index contributed by atoms with van der Waals surface area (Å²) in [5, 5.41) is 3.27. The number of halogens is 1. The van der Waals surface area contributed by atoms with Crippen molar-refractivity contribution in [1.82, 2.24) is 0 Å². The smallest absolute Gasteiger partial charge is 0.193 e. The van der Waals surface area contributed by atoms with Crippen LogP contribution in [-0.2, 0) is 12.8 Å². The molecular formula is C16H26IN3. The number of aryl methyl sites for hydroxylation is 1. The van der Waals surface area contributed by atoms with Gasteiger partial charge in [0.15, 0.2) is 5.96 Å². The molecule has 2 rings (SSSR count). The molecule has 1 aromatic rings. The molecule has 1 aliphatic carbocycles. The molecule has 0 aliphatic heterocycles. The van der Waals surface area contributed by atoms with Gasteiger partial charge in [0.25, 0.3) is 0 Å². The van der Waals surface area contributed by atoms with Gasteiger partial charge in [-0.15, -0.1) is 24.0 Å². The van der Waals surface area contributed by atoms with E-state index >= 15 is 0 Å². The van der Waals surface area contributed by atoms with E-state index in [1.165, 1.54) is 43.2 Å². The number of hydrogen-bond acceptors (Lipinski definition) is 1. The third-order valence-corrected chi connectivity index (χ3v) is 3.70. The van der Waals surface area contributed by atoms with Gasteiger partial charge < -0.3 is 11.1 Å². The molecule has 1 aliphatic rings. The van der Waals surface area contributed by atoms with E-state index in [2.05, 4.69) is 35.4 Å². The second-order valence-electron chi connectivity index (χ2n) is 5.25. The Hall–Kier alpha value is -0.780. The SMILES string of the molecule is CCCCCN=C(N)Nc1cccc2c1CCCC2.I. The number of hydrogen-bond donors (Lipinski definition) is 2. The number of nitrogens with one attached hydrogen (secondary N) is 1. The summed E-state index contributed by atoms with van der Waals surface area (Å²) in [6.07, 6.45) is 8.48. The first-order valence-electron chi connectivity index (χ1n) is 7.49. The van der Waals surface area contributed by atoms with E-state index in [4.69, 9.17) is 5.73 Å². The van der Waals surface area contributed by atoms with Crippen LogP contribution in [0.15, 0.2) is 23.2 Å². The zero-order chi connectivity index (χ0) is 13.5. The Morgan fingerprint density at radius 1 is 1.25 bits per heavy atom. The topological polar surface area (TPSA) is 50.4 Å². The van der Waals surface area contributed by atoms with E-state index in [0.29, 0.717) is 5.96 Å². The highest BCUT2D eigenvalue weighted by Gasteiger charge is 2.12. The number of aliphatic imine (C=N–C) groups is 1. The van der Waals surface area contributed by atoms with Crippen molar-refractivity contribution >= 4 is 35.6 Å². The minimum atomic E-state index is 0. The van der Waals surface area contributed by atoms with Crippen LogP contribution in [-0.4, -0.2) is 12.5 Å². The molecule has 0 amide bonds. The third-order valence-electron chi connectivity index (χ3n) is 3.70. The first-order chi connectivity index (χ1) is 9.31. The molecule has 0 unspecified atom stereocenters. The summed E-state index contributed by atoms with van der Waals surface area (Å²) in [7, 11) is 0. The van der Waals surface area contributed by atoms with E-state index < -0.39 is 0 Å². The maximum atomic E-state index is 5.96. The van der Waals surface area contributed by atoms with Crippen molar-refractivity contribution in [1.29, 1.82) is 0 Å². The van der Waals surface area contributed by atoms with Gasteiger partial charge in [-0.05, 0) is 49.3 Å². The molecule has 1 aromatic carbocycles. The summed E-state index contributed by atoms with van der Waals surface area (Å²) >= 11 is 0. The van der Waals surface area contributed by atoms with Crippen LogP contribution in [0, 0.1) is 0 Å². The molecule has 112 valence electrons. The quantitative estimate of drug-likeness (QED) is 0.346. The number of unbranched alkanes of at least 4 members (excludes halogenated alkanes) is 2. The minimum absolute atomic E-state index is 0. The first kappa shape index (κ1) is 17.3. The fraction of sp³-hybridized carbons (Fsp3) is 0.562. The second-order valence-corrected chi connectivity index (χ2v) is 5.25. The van der Waals surface area contributed by atoms with Crippen LogP contribution in [0.3, 0.4) is 0 Å². The van der Waals surface area contributed by atoms with Gasteiger partial charge >= 0.3 is 0 Å².